The zero-order valence-electron chi connectivity index (χ0n) is 11.7. The number of nitrogens with zero attached hydrogens (tertiary/aromatic N) is 1. The van der Waals surface area contributed by atoms with Crippen molar-refractivity contribution in [3.63, 3.8) is 0 Å². The van der Waals surface area contributed by atoms with Crippen LogP contribution >= 0.6 is 11.6 Å². The number of phenolic OH excluding ortho intramolecular Hbond substituents is 1. The van der Waals surface area contributed by atoms with Gasteiger partial charge in [0.05, 0.1) is 6.54 Å². The van der Waals surface area contributed by atoms with E-state index in [0.717, 1.165) is 16.7 Å². The highest BCUT2D eigenvalue weighted by Gasteiger charge is 2.03. The number of phenols is 1. The van der Waals surface area contributed by atoms with Gasteiger partial charge in [-0.25, -0.2) is 0 Å². The molecule has 110 valence electrons. The molecule has 1 heterocycles. The van der Waals surface area contributed by atoms with Crippen LogP contribution in [0.15, 0.2) is 71.7 Å². The number of rotatable bonds is 3. The lowest BCUT2D eigenvalue weighted by Gasteiger charge is -2.09. The molecule has 1 N–H and O–H groups in total. The van der Waals surface area contributed by atoms with Crippen molar-refractivity contribution in [2.24, 2.45) is 0 Å². The molecule has 0 bridgehead atoms. The Kier molecular flexibility index (Phi) is 3.98. The summed E-state index contributed by atoms with van der Waals surface area (Å²) >= 11 is 5.87. The second-order valence-electron chi connectivity index (χ2n) is 5.06. The van der Waals surface area contributed by atoms with E-state index in [-0.39, 0.29) is 11.3 Å². The van der Waals surface area contributed by atoms with E-state index in [4.69, 9.17) is 11.6 Å². The minimum absolute atomic E-state index is 0.0705. The summed E-state index contributed by atoms with van der Waals surface area (Å²) in [7, 11) is 0. The second-order valence-corrected chi connectivity index (χ2v) is 5.50. The van der Waals surface area contributed by atoms with Gasteiger partial charge in [0.25, 0.3) is 5.56 Å². The Balaban J connectivity index is 1.96. The summed E-state index contributed by atoms with van der Waals surface area (Å²) in [5, 5.41) is 10.2. The molecule has 3 rings (SSSR count). The van der Waals surface area contributed by atoms with Gasteiger partial charge in [-0.2, -0.15) is 0 Å². The van der Waals surface area contributed by atoms with Crippen LogP contribution in [0.2, 0.25) is 5.02 Å². The normalized spacial score (nSPS) is 10.6. The summed E-state index contributed by atoms with van der Waals surface area (Å²) in [6.45, 7) is 0.475. The van der Waals surface area contributed by atoms with Crippen molar-refractivity contribution in [1.29, 1.82) is 0 Å². The molecule has 3 aromatic rings. The molecule has 4 heteroatoms. The van der Waals surface area contributed by atoms with Crippen LogP contribution in [-0.4, -0.2) is 9.67 Å². The Hall–Kier alpha value is -2.52. The van der Waals surface area contributed by atoms with Crippen molar-refractivity contribution in [3.8, 4) is 16.9 Å². The fraction of sp³-hybridized carbons (Fsp3) is 0.0556. The molecule has 0 atom stereocenters. The van der Waals surface area contributed by atoms with Crippen LogP contribution in [-0.2, 0) is 6.54 Å². The molecule has 0 spiro atoms. The Labute approximate surface area is 133 Å². The highest BCUT2D eigenvalue weighted by Crippen LogP contribution is 2.22. The standard InChI is InChI=1S/C18H14ClNO2/c19-16-7-4-13(5-8-16)11-20-12-15(6-9-18(20)22)14-2-1-3-17(21)10-14/h1-10,12,21H,11H2. The number of aromatic hydroxyl groups is 1. The van der Waals surface area contributed by atoms with Gasteiger partial charge in [-0.3, -0.25) is 4.79 Å². The van der Waals surface area contributed by atoms with Gasteiger partial charge >= 0.3 is 0 Å². The molecule has 1 aromatic heterocycles. The second kappa shape index (κ2) is 6.08. The first-order valence-electron chi connectivity index (χ1n) is 6.86. The van der Waals surface area contributed by atoms with Gasteiger partial charge in [0.15, 0.2) is 0 Å². The maximum Gasteiger partial charge on any atom is 0.250 e. The molecule has 22 heavy (non-hydrogen) atoms. The monoisotopic (exact) mass is 311 g/mol. The predicted molar refractivity (Wildman–Crippen MR) is 88.4 cm³/mol. The first-order valence-corrected chi connectivity index (χ1v) is 7.24. The van der Waals surface area contributed by atoms with Crippen molar-refractivity contribution in [3.05, 3.63) is 87.8 Å². The van der Waals surface area contributed by atoms with Crippen LogP contribution in [0.4, 0.5) is 0 Å². The van der Waals surface area contributed by atoms with Crippen LogP contribution in [0.1, 0.15) is 5.56 Å². The third kappa shape index (κ3) is 3.21. The van der Waals surface area contributed by atoms with Crippen LogP contribution in [0, 0.1) is 0 Å². The van der Waals surface area contributed by atoms with Gasteiger partial charge in [-0.1, -0.05) is 35.9 Å². The van der Waals surface area contributed by atoms with Crippen LogP contribution in [0.3, 0.4) is 0 Å². The molecule has 0 fully saturated rings. The molecule has 0 amide bonds. The molecule has 3 nitrogen and oxygen atoms in total. The first kappa shape index (κ1) is 14.4. The Morgan fingerprint density at radius 3 is 2.45 bits per heavy atom. The third-order valence-corrected chi connectivity index (χ3v) is 3.68. The summed E-state index contributed by atoms with van der Waals surface area (Å²) in [4.78, 5) is 12.0. The number of benzene rings is 2. The van der Waals surface area contributed by atoms with E-state index in [2.05, 4.69) is 0 Å². The molecule has 0 aliphatic rings. The van der Waals surface area contributed by atoms with E-state index in [1.165, 1.54) is 6.07 Å². The fourth-order valence-corrected chi connectivity index (χ4v) is 2.42. The lowest BCUT2D eigenvalue weighted by Crippen LogP contribution is -2.19. The largest absolute Gasteiger partial charge is 0.508 e. The fourth-order valence-electron chi connectivity index (χ4n) is 2.30. The van der Waals surface area contributed by atoms with Gasteiger partial charge in [-0.15, -0.1) is 0 Å². The summed E-state index contributed by atoms with van der Waals surface area (Å²) in [6, 6.07) is 17.7. The molecule has 2 aromatic carbocycles. The van der Waals surface area contributed by atoms with Gasteiger partial charge in [0, 0.05) is 17.3 Å². The van der Waals surface area contributed by atoms with E-state index >= 15 is 0 Å². The summed E-state index contributed by atoms with van der Waals surface area (Å²) < 4.78 is 1.64. The maximum absolute atomic E-state index is 12.0. The highest BCUT2D eigenvalue weighted by atomic mass is 35.5. The number of hydrogen-bond donors (Lipinski definition) is 1. The van der Waals surface area contributed by atoms with Gasteiger partial charge < -0.3 is 9.67 Å². The number of halogens is 1. The minimum Gasteiger partial charge on any atom is -0.508 e. The lowest BCUT2D eigenvalue weighted by atomic mass is 10.1. The molecule has 0 saturated carbocycles. The molecule has 0 unspecified atom stereocenters. The van der Waals surface area contributed by atoms with E-state index in [1.54, 1.807) is 47.2 Å². The average Bonchev–Trinajstić information content (AvgIpc) is 2.52. The van der Waals surface area contributed by atoms with Crippen LogP contribution < -0.4 is 5.56 Å². The van der Waals surface area contributed by atoms with Crippen molar-refractivity contribution < 1.29 is 5.11 Å². The molecular weight excluding hydrogens is 298 g/mol. The number of aromatic nitrogens is 1. The smallest absolute Gasteiger partial charge is 0.250 e. The zero-order chi connectivity index (χ0) is 15.5. The maximum atomic E-state index is 12.0. The van der Waals surface area contributed by atoms with Gasteiger partial charge in [0.2, 0.25) is 0 Å². The van der Waals surface area contributed by atoms with Gasteiger partial charge in [-0.05, 0) is 47.0 Å². The third-order valence-electron chi connectivity index (χ3n) is 3.43. The van der Waals surface area contributed by atoms with Crippen LogP contribution in [0.5, 0.6) is 5.75 Å². The van der Waals surface area contributed by atoms with E-state index < -0.39 is 0 Å². The molecule has 0 saturated heterocycles. The summed E-state index contributed by atoms with van der Waals surface area (Å²) in [5.74, 6) is 0.202. The zero-order valence-corrected chi connectivity index (χ0v) is 12.5. The molecule has 0 aliphatic heterocycles. The predicted octanol–water partition coefficient (Wildman–Crippen LogP) is 3.92. The van der Waals surface area contributed by atoms with Crippen molar-refractivity contribution in [2.75, 3.05) is 0 Å². The molecule has 0 radical (unpaired) electrons. The quantitative estimate of drug-likeness (QED) is 0.796. The number of pyridine rings is 1. The van der Waals surface area contributed by atoms with Crippen molar-refractivity contribution in [1.82, 2.24) is 4.57 Å². The van der Waals surface area contributed by atoms with Crippen LogP contribution in [0.25, 0.3) is 11.1 Å². The van der Waals surface area contributed by atoms with Crippen molar-refractivity contribution >= 4 is 11.6 Å². The van der Waals surface area contributed by atoms with E-state index in [9.17, 15) is 9.90 Å². The SMILES string of the molecule is O=c1ccc(-c2cccc(O)c2)cn1Cc1ccc(Cl)cc1. The summed E-state index contributed by atoms with van der Waals surface area (Å²) in [6.07, 6.45) is 1.80. The highest BCUT2D eigenvalue weighted by molar-refractivity contribution is 6.30. The number of hydrogen-bond acceptors (Lipinski definition) is 2. The Morgan fingerprint density at radius 1 is 0.955 bits per heavy atom. The molecule has 0 aliphatic carbocycles. The van der Waals surface area contributed by atoms with E-state index in [0.29, 0.717) is 11.6 Å². The summed E-state index contributed by atoms with van der Waals surface area (Å²) in [5.41, 5.74) is 2.67. The molecular formula is C18H14ClNO2. The first-order chi connectivity index (χ1) is 10.6. The van der Waals surface area contributed by atoms with E-state index in [1.807, 2.05) is 18.2 Å². The minimum atomic E-state index is -0.0705. The topological polar surface area (TPSA) is 42.2 Å². The Bertz CT molecular complexity index is 853. The lowest BCUT2D eigenvalue weighted by molar-refractivity contribution is 0.475. The average molecular weight is 312 g/mol. The van der Waals surface area contributed by atoms with Gasteiger partial charge in [0.1, 0.15) is 5.75 Å². The van der Waals surface area contributed by atoms with Crippen molar-refractivity contribution in [2.45, 2.75) is 6.54 Å². The Morgan fingerprint density at radius 2 is 1.73 bits per heavy atom.